The molecule has 2 aromatic rings. The van der Waals surface area contributed by atoms with Gasteiger partial charge in [-0.2, -0.15) is 0 Å². The van der Waals surface area contributed by atoms with Crippen LogP contribution in [0, 0.1) is 0 Å². The average molecular weight is 335 g/mol. The van der Waals surface area contributed by atoms with Crippen molar-refractivity contribution in [1.29, 1.82) is 0 Å². The van der Waals surface area contributed by atoms with Crippen molar-refractivity contribution in [3.63, 3.8) is 0 Å². The molecule has 0 fully saturated rings. The van der Waals surface area contributed by atoms with Crippen LogP contribution in [0.2, 0.25) is 0 Å². The zero-order valence-electron chi connectivity index (χ0n) is 13.5. The van der Waals surface area contributed by atoms with Crippen molar-refractivity contribution < 1.29 is 17.9 Å². The van der Waals surface area contributed by atoms with Crippen LogP contribution in [0.4, 0.5) is 11.4 Å². The fourth-order valence-electron chi connectivity index (χ4n) is 2.25. The summed E-state index contributed by atoms with van der Waals surface area (Å²) in [5.74, 6) is 1.43. The summed E-state index contributed by atoms with van der Waals surface area (Å²) in [7, 11) is -0.319. The van der Waals surface area contributed by atoms with Gasteiger partial charge in [0.25, 0.3) is 0 Å². The van der Waals surface area contributed by atoms with E-state index in [1.165, 1.54) is 4.31 Å². The largest absolute Gasteiger partial charge is 0.497 e. The van der Waals surface area contributed by atoms with Crippen LogP contribution in [0.3, 0.4) is 0 Å². The number of nitrogens with zero attached hydrogens (tertiary/aromatic N) is 1. The lowest BCUT2D eigenvalue weighted by atomic mass is 10.2. The Kier molecular flexibility index (Phi) is 5.50. The molecular weight excluding hydrogens is 314 g/mol. The zero-order valence-corrected chi connectivity index (χ0v) is 14.3. The molecule has 0 aliphatic rings. The molecule has 0 radical (unpaired) electrons. The number of anilines is 2. The summed E-state index contributed by atoms with van der Waals surface area (Å²) in [4.78, 5) is 0. The van der Waals surface area contributed by atoms with Gasteiger partial charge in [-0.15, -0.1) is 0 Å². The van der Waals surface area contributed by atoms with Crippen LogP contribution in [-0.4, -0.2) is 28.4 Å². The topological polar surface area (TPSA) is 55.8 Å². The summed E-state index contributed by atoms with van der Waals surface area (Å²) in [6.07, 6.45) is 0.547. The third-order valence-corrected chi connectivity index (χ3v) is 5.26. The van der Waals surface area contributed by atoms with Gasteiger partial charge >= 0.3 is 0 Å². The number of hydrogen-bond acceptors (Lipinski definition) is 4. The highest BCUT2D eigenvalue weighted by Gasteiger charge is 2.23. The normalized spacial score (nSPS) is 11.1. The van der Waals surface area contributed by atoms with E-state index in [0.29, 0.717) is 29.3 Å². The first-order chi connectivity index (χ1) is 11.0. The van der Waals surface area contributed by atoms with Gasteiger partial charge in [0.15, 0.2) is 0 Å². The second-order valence-corrected chi connectivity index (χ2v) is 6.91. The summed E-state index contributed by atoms with van der Waals surface area (Å²) in [6.45, 7) is 1.85. The van der Waals surface area contributed by atoms with Crippen LogP contribution >= 0.6 is 0 Å². The number of methoxy groups -OCH3 is 2. The Labute approximate surface area is 137 Å². The van der Waals surface area contributed by atoms with Gasteiger partial charge in [-0.3, -0.25) is 0 Å². The minimum Gasteiger partial charge on any atom is -0.497 e. The number of hydrogen-bond donors (Lipinski definition) is 0. The van der Waals surface area contributed by atoms with Gasteiger partial charge in [0, 0.05) is 0 Å². The molecule has 0 unspecified atom stereocenters. The quantitative estimate of drug-likeness (QED) is 0.776. The molecule has 5 nitrogen and oxygen atoms in total. The van der Waals surface area contributed by atoms with Crippen molar-refractivity contribution in [3.8, 4) is 11.5 Å². The molecule has 2 rings (SSSR count). The van der Waals surface area contributed by atoms with Crippen LogP contribution in [0.25, 0.3) is 0 Å². The van der Waals surface area contributed by atoms with Gasteiger partial charge in [0.05, 0.1) is 31.3 Å². The molecular formula is C17H21NO4S. The minimum absolute atomic E-state index is 0.0745. The second kappa shape index (κ2) is 7.37. The summed E-state index contributed by atoms with van der Waals surface area (Å²) in [5, 5.41) is 0. The summed E-state index contributed by atoms with van der Waals surface area (Å²) < 4.78 is 37.0. The van der Waals surface area contributed by atoms with E-state index in [2.05, 4.69) is 0 Å². The van der Waals surface area contributed by atoms with Crippen LogP contribution in [0.5, 0.6) is 11.5 Å². The van der Waals surface area contributed by atoms with Crippen molar-refractivity contribution in [2.75, 3.05) is 24.3 Å². The Morgan fingerprint density at radius 2 is 1.22 bits per heavy atom. The second-order valence-electron chi connectivity index (χ2n) is 4.98. The van der Waals surface area contributed by atoms with Crippen molar-refractivity contribution in [1.82, 2.24) is 0 Å². The Morgan fingerprint density at radius 3 is 1.52 bits per heavy atom. The number of rotatable bonds is 7. The van der Waals surface area contributed by atoms with Crippen LogP contribution in [-0.2, 0) is 10.0 Å². The molecule has 0 aliphatic carbocycles. The lowest BCUT2D eigenvalue weighted by Gasteiger charge is -2.24. The zero-order chi connectivity index (χ0) is 16.9. The third-order valence-electron chi connectivity index (χ3n) is 3.35. The fourth-order valence-corrected chi connectivity index (χ4v) is 3.84. The van der Waals surface area contributed by atoms with Gasteiger partial charge in [0.2, 0.25) is 10.0 Å². The van der Waals surface area contributed by atoms with Crippen molar-refractivity contribution in [2.45, 2.75) is 13.3 Å². The monoisotopic (exact) mass is 335 g/mol. The number of benzene rings is 2. The molecule has 0 saturated heterocycles. The molecule has 6 heteroatoms. The van der Waals surface area contributed by atoms with E-state index in [1.54, 1.807) is 62.8 Å². The van der Waals surface area contributed by atoms with Crippen molar-refractivity contribution in [2.24, 2.45) is 0 Å². The standard InChI is InChI=1S/C17H21NO4S/c1-4-13-23(19,20)18(14-5-9-16(21-2)10-6-14)15-7-11-17(22-3)12-8-15/h5-12H,4,13H2,1-3H3. The maximum Gasteiger partial charge on any atom is 0.239 e. The molecule has 0 heterocycles. The molecule has 0 atom stereocenters. The number of ether oxygens (including phenoxy) is 2. The van der Waals surface area contributed by atoms with Crippen molar-refractivity contribution >= 4 is 21.4 Å². The summed E-state index contributed by atoms with van der Waals surface area (Å²) >= 11 is 0. The maximum absolute atomic E-state index is 12.7. The molecule has 124 valence electrons. The summed E-state index contributed by atoms with van der Waals surface area (Å²) in [5.41, 5.74) is 1.15. The van der Waals surface area contributed by atoms with Crippen LogP contribution < -0.4 is 13.8 Å². The van der Waals surface area contributed by atoms with Gasteiger partial charge < -0.3 is 9.47 Å². The van der Waals surface area contributed by atoms with E-state index in [0.717, 1.165) is 0 Å². The molecule has 0 saturated carbocycles. The third kappa shape index (κ3) is 3.96. The molecule has 2 aromatic carbocycles. The van der Waals surface area contributed by atoms with E-state index < -0.39 is 10.0 Å². The Hall–Kier alpha value is -2.21. The first kappa shape index (κ1) is 17.1. The highest BCUT2D eigenvalue weighted by atomic mass is 32.2. The van der Waals surface area contributed by atoms with Gasteiger partial charge in [-0.05, 0) is 55.0 Å². The van der Waals surface area contributed by atoms with E-state index in [-0.39, 0.29) is 5.75 Å². The first-order valence-corrected chi connectivity index (χ1v) is 8.94. The first-order valence-electron chi connectivity index (χ1n) is 7.33. The lowest BCUT2D eigenvalue weighted by molar-refractivity contribution is 0.415. The molecule has 0 aromatic heterocycles. The van der Waals surface area contributed by atoms with Gasteiger partial charge in [0.1, 0.15) is 11.5 Å². The van der Waals surface area contributed by atoms with E-state index in [4.69, 9.17) is 9.47 Å². The fraction of sp³-hybridized carbons (Fsp3) is 0.294. The van der Waals surface area contributed by atoms with Crippen molar-refractivity contribution in [3.05, 3.63) is 48.5 Å². The molecule has 0 aliphatic heterocycles. The predicted molar refractivity (Wildman–Crippen MR) is 92.2 cm³/mol. The lowest BCUT2D eigenvalue weighted by Crippen LogP contribution is -2.28. The van der Waals surface area contributed by atoms with Crippen LogP contribution in [0.15, 0.2) is 48.5 Å². The smallest absolute Gasteiger partial charge is 0.239 e. The molecule has 0 amide bonds. The highest BCUT2D eigenvalue weighted by Crippen LogP contribution is 2.31. The predicted octanol–water partition coefficient (Wildman–Crippen LogP) is 3.58. The molecule has 0 spiro atoms. The van der Waals surface area contributed by atoms with E-state index >= 15 is 0 Å². The van der Waals surface area contributed by atoms with Crippen LogP contribution in [0.1, 0.15) is 13.3 Å². The van der Waals surface area contributed by atoms with E-state index in [9.17, 15) is 8.42 Å². The molecule has 0 bridgehead atoms. The Morgan fingerprint density at radius 1 is 0.826 bits per heavy atom. The maximum atomic E-state index is 12.7. The SMILES string of the molecule is CCCS(=O)(=O)N(c1ccc(OC)cc1)c1ccc(OC)cc1. The Balaban J connectivity index is 2.49. The number of sulfonamides is 1. The highest BCUT2D eigenvalue weighted by molar-refractivity contribution is 7.93. The molecule has 0 N–H and O–H groups in total. The van der Waals surface area contributed by atoms with Gasteiger partial charge in [-0.25, -0.2) is 12.7 Å². The molecule has 23 heavy (non-hydrogen) atoms. The Bertz CT molecular complexity index is 677. The van der Waals surface area contributed by atoms with E-state index in [1.807, 2.05) is 6.92 Å². The van der Waals surface area contributed by atoms with Gasteiger partial charge in [-0.1, -0.05) is 6.92 Å². The minimum atomic E-state index is -3.47. The average Bonchev–Trinajstić information content (AvgIpc) is 2.56. The summed E-state index contributed by atoms with van der Waals surface area (Å²) in [6, 6.07) is 13.9.